The van der Waals surface area contributed by atoms with Crippen molar-refractivity contribution in [3.63, 3.8) is 0 Å². The monoisotopic (exact) mass is 511 g/mol. The number of aliphatic hydroxyl groups is 2. The van der Waals surface area contributed by atoms with Crippen LogP contribution < -0.4 is 4.74 Å². The highest BCUT2D eigenvalue weighted by Crippen LogP contribution is 2.24. The van der Waals surface area contributed by atoms with Crippen LogP contribution in [0.3, 0.4) is 0 Å². The second-order valence-corrected chi connectivity index (χ2v) is 9.14. The number of aliphatic imine (C=N–C) groups is 1. The van der Waals surface area contributed by atoms with E-state index < -0.39 is 12.1 Å². The molecule has 0 bridgehead atoms. The first-order chi connectivity index (χ1) is 18.0. The molecule has 0 radical (unpaired) electrons. The maximum atomic E-state index is 11.6. The number of aliphatic hydroxyl groups excluding tert-OH is 2. The molecule has 7 heteroatoms. The number of phenolic OH excluding ortho intramolecular Hbond substituents is 1. The summed E-state index contributed by atoms with van der Waals surface area (Å²) in [6.07, 6.45) is 14.2. The summed E-state index contributed by atoms with van der Waals surface area (Å²) in [5, 5.41) is 28.2. The number of ether oxygens (including phenoxy) is 2. The van der Waals surface area contributed by atoms with Crippen LogP contribution in [0.2, 0.25) is 0 Å². The van der Waals surface area contributed by atoms with E-state index in [4.69, 9.17) is 19.7 Å². The number of aromatic hydroxyl groups is 1. The van der Waals surface area contributed by atoms with Gasteiger partial charge in [0.25, 0.3) is 0 Å². The fraction of sp³-hybridized carbons (Fsp3) is 0.467. The van der Waals surface area contributed by atoms with Gasteiger partial charge in [-0.1, -0.05) is 57.1 Å². The van der Waals surface area contributed by atoms with E-state index >= 15 is 0 Å². The zero-order valence-corrected chi connectivity index (χ0v) is 21.8. The second-order valence-electron chi connectivity index (χ2n) is 9.14. The molecule has 1 atom stereocenters. The summed E-state index contributed by atoms with van der Waals surface area (Å²) in [6.45, 7) is 2.44. The molecule has 2 aromatic rings. The van der Waals surface area contributed by atoms with Gasteiger partial charge < -0.3 is 24.8 Å². The largest absolute Gasteiger partial charge is 0.507 e. The number of esters is 1. The molecule has 0 amide bonds. The first kappa shape index (κ1) is 30.1. The molecule has 0 unspecified atom stereocenters. The fourth-order valence-electron chi connectivity index (χ4n) is 3.59. The van der Waals surface area contributed by atoms with Gasteiger partial charge in [0.2, 0.25) is 0 Å². The topological polar surface area (TPSA) is 109 Å². The molecular weight excluding hydrogens is 470 g/mol. The molecule has 0 spiro atoms. The van der Waals surface area contributed by atoms with Crippen molar-refractivity contribution < 1.29 is 29.6 Å². The highest BCUT2D eigenvalue weighted by molar-refractivity contribution is 5.87. The molecule has 2 rings (SSSR count). The molecule has 0 heterocycles. The molecule has 2 aromatic carbocycles. The highest BCUT2D eigenvalue weighted by Gasteiger charge is 2.03. The van der Waals surface area contributed by atoms with Gasteiger partial charge >= 0.3 is 5.97 Å². The number of hydrogen-bond donors (Lipinski definition) is 3. The number of nitrogens with zero attached hydrogens (tertiary/aromatic N) is 1. The van der Waals surface area contributed by atoms with Crippen molar-refractivity contribution in [2.75, 3.05) is 19.8 Å². The molecule has 7 nitrogen and oxygen atoms in total. The molecule has 0 saturated heterocycles. The molecule has 0 aliphatic rings. The zero-order valence-electron chi connectivity index (χ0n) is 21.8. The normalized spacial score (nSPS) is 12.3. The number of phenols is 1. The smallest absolute Gasteiger partial charge is 0.330 e. The Morgan fingerprint density at radius 3 is 2.22 bits per heavy atom. The lowest BCUT2D eigenvalue weighted by Gasteiger charge is -2.08. The quantitative estimate of drug-likeness (QED) is 0.0986. The van der Waals surface area contributed by atoms with Gasteiger partial charge in [0.15, 0.2) is 0 Å². The van der Waals surface area contributed by atoms with Crippen LogP contribution in [0.15, 0.2) is 53.5 Å². The predicted molar refractivity (Wildman–Crippen MR) is 148 cm³/mol. The summed E-state index contributed by atoms with van der Waals surface area (Å²) in [6, 6.07) is 12.5. The summed E-state index contributed by atoms with van der Waals surface area (Å²) in [7, 11) is 0. The third-order valence-corrected chi connectivity index (χ3v) is 5.70. The first-order valence-corrected chi connectivity index (χ1v) is 13.2. The minimum atomic E-state index is -0.693. The first-order valence-electron chi connectivity index (χ1n) is 13.2. The van der Waals surface area contributed by atoms with E-state index in [2.05, 4.69) is 4.99 Å². The standard InChI is InChI=1S/C30H41NO6/c1-24(33)23-37-30(35)18-13-25-11-15-27(16-12-25)31-22-26-14-17-28(21-29(26)34)36-20-10-8-6-4-2-3-5-7-9-19-32/h11-18,21-22,24,32-34H,2-10,19-20,23H2,1H3/b18-13+,31-22?/t24-/m0/s1. The van der Waals surface area contributed by atoms with E-state index in [9.17, 15) is 9.90 Å². The van der Waals surface area contributed by atoms with Crippen molar-refractivity contribution in [1.82, 2.24) is 0 Å². The van der Waals surface area contributed by atoms with E-state index in [-0.39, 0.29) is 12.4 Å². The van der Waals surface area contributed by atoms with Gasteiger partial charge in [-0.05, 0) is 55.7 Å². The fourth-order valence-corrected chi connectivity index (χ4v) is 3.59. The Morgan fingerprint density at radius 2 is 1.59 bits per heavy atom. The summed E-state index contributed by atoms with van der Waals surface area (Å²) in [5.74, 6) is 0.238. The van der Waals surface area contributed by atoms with Crippen LogP contribution >= 0.6 is 0 Å². The maximum Gasteiger partial charge on any atom is 0.330 e. The highest BCUT2D eigenvalue weighted by atomic mass is 16.5. The SMILES string of the molecule is C[C@H](O)COC(=O)/C=C/c1ccc(N=Cc2ccc(OCCCCCCCCCCCO)cc2O)cc1. The van der Waals surface area contributed by atoms with Gasteiger partial charge in [-0.3, -0.25) is 4.99 Å². The molecule has 37 heavy (non-hydrogen) atoms. The predicted octanol–water partition coefficient (Wildman–Crippen LogP) is 5.96. The van der Waals surface area contributed by atoms with E-state index in [0.717, 1.165) is 31.2 Å². The minimum absolute atomic E-state index is 0.0367. The third-order valence-electron chi connectivity index (χ3n) is 5.70. The van der Waals surface area contributed by atoms with Crippen molar-refractivity contribution in [1.29, 1.82) is 0 Å². The number of carbonyl (C=O) groups excluding carboxylic acids is 1. The van der Waals surface area contributed by atoms with Crippen molar-refractivity contribution in [3.8, 4) is 11.5 Å². The lowest BCUT2D eigenvalue weighted by atomic mass is 10.1. The number of rotatable bonds is 18. The van der Waals surface area contributed by atoms with Gasteiger partial charge in [0.1, 0.15) is 18.1 Å². The summed E-state index contributed by atoms with van der Waals surface area (Å²) >= 11 is 0. The van der Waals surface area contributed by atoms with Crippen molar-refractivity contribution in [3.05, 3.63) is 59.7 Å². The average molecular weight is 512 g/mol. The van der Waals surface area contributed by atoms with Crippen LogP contribution in [0.4, 0.5) is 5.69 Å². The Bertz CT molecular complexity index is 969. The van der Waals surface area contributed by atoms with E-state index in [1.807, 2.05) is 30.3 Å². The van der Waals surface area contributed by atoms with Crippen LogP contribution in [-0.2, 0) is 9.53 Å². The van der Waals surface area contributed by atoms with Crippen LogP contribution in [0.1, 0.15) is 75.8 Å². The molecule has 0 saturated carbocycles. The summed E-state index contributed by atoms with van der Waals surface area (Å²) in [5.41, 5.74) is 2.11. The number of benzene rings is 2. The average Bonchev–Trinajstić information content (AvgIpc) is 2.89. The van der Waals surface area contributed by atoms with E-state index in [0.29, 0.717) is 30.2 Å². The zero-order chi connectivity index (χ0) is 26.7. The Balaban J connectivity index is 1.69. The lowest BCUT2D eigenvalue weighted by molar-refractivity contribution is -0.140. The van der Waals surface area contributed by atoms with E-state index in [1.165, 1.54) is 38.2 Å². The Hall–Kier alpha value is -3.16. The van der Waals surface area contributed by atoms with Crippen molar-refractivity contribution in [2.24, 2.45) is 4.99 Å². The van der Waals surface area contributed by atoms with Crippen molar-refractivity contribution in [2.45, 2.75) is 70.8 Å². The maximum absolute atomic E-state index is 11.6. The Labute approximate surface area is 220 Å². The van der Waals surface area contributed by atoms with Gasteiger partial charge in [-0.25, -0.2) is 4.79 Å². The van der Waals surface area contributed by atoms with Crippen LogP contribution in [0.25, 0.3) is 6.08 Å². The molecule has 0 aliphatic carbocycles. The summed E-state index contributed by atoms with van der Waals surface area (Å²) in [4.78, 5) is 16.0. The van der Waals surface area contributed by atoms with Crippen LogP contribution in [-0.4, -0.2) is 53.4 Å². The molecule has 0 aliphatic heterocycles. The van der Waals surface area contributed by atoms with Crippen LogP contribution in [0, 0.1) is 0 Å². The lowest BCUT2D eigenvalue weighted by Crippen LogP contribution is -2.13. The van der Waals surface area contributed by atoms with Gasteiger partial charge in [-0.2, -0.15) is 0 Å². The molecular formula is C30H41NO6. The Kier molecular flexibility index (Phi) is 14.7. The molecule has 0 aromatic heterocycles. The van der Waals surface area contributed by atoms with Crippen molar-refractivity contribution >= 4 is 23.9 Å². The number of carbonyl (C=O) groups is 1. The van der Waals surface area contributed by atoms with E-state index in [1.54, 1.807) is 31.3 Å². The van der Waals surface area contributed by atoms with Gasteiger partial charge in [0.05, 0.1) is 18.4 Å². The number of unbranched alkanes of at least 4 members (excludes halogenated alkanes) is 8. The molecule has 202 valence electrons. The Morgan fingerprint density at radius 1 is 0.946 bits per heavy atom. The molecule has 0 fully saturated rings. The summed E-state index contributed by atoms with van der Waals surface area (Å²) < 4.78 is 10.7. The minimum Gasteiger partial charge on any atom is -0.507 e. The van der Waals surface area contributed by atoms with Gasteiger partial charge in [0, 0.05) is 30.5 Å². The molecule has 3 N–H and O–H groups in total. The van der Waals surface area contributed by atoms with Gasteiger partial charge in [-0.15, -0.1) is 0 Å². The third kappa shape index (κ3) is 13.6. The second kappa shape index (κ2) is 18.1. The van der Waals surface area contributed by atoms with Crippen LogP contribution in [0.5, 0.6) is 11.5 Å². The number of hydrogen-bond acceptors (Lipinski definition) is 7.